The van der Waals surface area contributed by atoms with Crippen LogP contribution in [0.3, 0.4) is 0 Å². The molecule has 1 aromatic heterocycles. The number of aromatic nitrogens is 2. The van der Waals surface area contributed by atoms with Gasteiger partial charge in [-0.25, -0.2) is 9.97 Å². The van der Waals surface area contributed by atoms with Crippen LogP contribution in [0.1, 0.15) is 54.8 Å². The summed E-state index contributed by atoms with van der Waals surface area (Å²) >= 11 is 0. The largest absolute Gasteiger partial charge is 0.356 e. The number of hydrogen-bond donors (Lipinski definition) is 1. The van der Waals surface area contributed by atoms with E-state index in [0.717, 1.165) is 31.7 Å². The first-order valence-corrected chi connectivity index (χ1v) is 9.64. The van der Waals surface area contributed by atoms with E-state index in [1.807, 2.05) is 0 Å². The van der Waals surface area contributed by atoms with Crippen LogP contribution in [0, 0.1) is 0 Å². The second kappa shape index (κ2) is 5.80. The highest BCUT2D eigenvalue weighted by Gasteiger charge is 2.41. The second-order valence-electron chi connectivity index (χ2n) is 8.15. The molecule has 0 bridgehead atoms. The van der Waals surface area contributed by atoms with E-state index in [9.17, 15) is 0 Å². The third-order valence-electron chi connectivity index (χ3n) is 6.77. The number of nitrogens with two attached hydrogens (primary N) is 1. The maximum Gasteiger partial charge on any atom is 0.132 e. The van der Waals surface area contributed by atoms with Crippen LogP contribution in [0.15, 0.2) is 36.7 Å². The van der Waals surface area contributed by atoms with Crippen LogP contribution in [0.2, 0.25) is 0 Å². The maximum absolute atomic E-state index is 5.94. The zero-order valence-electron chi connectivity index (χ0n) is 14.7. The molecule has 2 fully saturated rings. The van der Waals surface area contributed by atoms with E-state index in [4.69, 9.17) is 5.73 Å². The highest BCUT2D eigenvalue weighted by atomic mass is 15.2. The predicted molar refractivity (Wildman–Crippen MR) is 99.9 cm³/mol. The topological polar surface area (TPSA) is 55.0 Å². The molecule has 2 aromatic rings. The molecule has 0 radical (unpaired) electrons. The van der Waals surface area contributed by atoms with Gasteiger partial charge in [-0.15, -0.1) is 0 Å². The monoisotopic (exact) mass is 334 g/mol. The third kappa shape index (κ3) is 2.54. The van der Waals surface area contributed by atoms with Gasteiger partial charge in [-0.05, 0) is 55.1 Å². The van der Waals surface area contributed by atoms with E-state index in [-0.39, 0.29) is 0 Å². The van der Waals surface area contributed by atoms with Crippen LogP contribution in [-0.4, -0.2) is 29.1 Å². The van der Waals surface area contributed by atoms with Gasteiger partial charge in [-0.1, -0.05) is 24.3 Å². The van der Waals surface area contributed by atoms with E-state index < -0.39 is 0 Å². The van der Waals surface area contributed by atoms with Gasteiger partial charge in [0.15, 0.2) is 0 Å². The summed E-state index contributed by atoms with van der Waals surface area (Å²) in [6, 6.07) is 11.6. The number of nitrogens with zero attached hydrogens (tertiary/aromatic N) is 3. The van der Waals surface area contributed by atoms with Gasteiger partial charge in [-0.3, -0.25) is 0 Å². The maximum atomic E-state index is 5.94. The van der Waals surface area contributed by atoms with Crippen molar-refractivity contribution in [3.05, 3.63) is 53.5 Å². The number of piperidine rings is 1. The van der Waals surface area contributed by atoms with Crippen molar-refractivity contribution < 1.29 is 0 Å². The molecule has 0 amide bonds. The molecule has 4 heteroatoms. The zero-order valence-corrected chi connectivity index (χ0v) is 14.7. The fourth-order valence-corrected chi connectivity index (χ4v) is 5.11. The van der Waals surface area contributed by atoms with Crippen LogP contribution < -0.4 is 10.6 Å². The fourth-order valence-electron chi connectivity index (χ4n) is 5.11. The van der Waals surface area contributed by atoms with Crippen LogP contribution >= 0.6 is 0 Å². The zero-order chi connectivity index (χ0) is 16.9. The molecular weight excluding hydrogens is 308 g/mol. The number of aryl methyl sites for hydroxylation is 1. The summed E-state index contributed by atoms with van der Waals surface area (Å²) in [6.07, 6.45) is 8.90. The molecule has 130 valence electrons. The number of hydrogen-bond acceptors (Lipinski definition) is 4. The first kappa shape index (κ1) is 15.3. The Balaban J connectivity index is 1.32. The summed E-state index contributed by atoms with van der Waals surface area (Å²) in [4.78, 5) is 11.5. The average molecular weight is 334 g/mol. The van der Waals surface area contributed by atoms with E-state index >= 15 is 0 Å². The second-order valence-corrected chi connectivity index (χ2v) is 8.15. The summed E-state index contributed by atoms with van der Waals surface area (Å²) in [5, 5.41) is 0. The fraction of sp³-hybridized carbons (Fsp3) is 0.524. The van der Waals surface area contributed by atoms with Gasteiger partial charge in [0.1, 0.15) is 12.1 Å². The molecule has 1 aromatic carbocycles. The number of benzene rings is 1. The highest BCUT2D eigenvalue weighted by Crippen LogP contribution is 2.46. The Hall–Kier alpha value is -1.94. The van der Waals surface area contributed by atoms with Gasteiger partial charge < -0.3 is 10.6 Å². The lowest BCUT2D eigenvalue weighted by molar-refractivity contribution is 0.328. The Morgan fingerprint density at radius 1 is 1.04 bits per heavy atom. The molecule has 1 saturated heterocycles. The normalized spacial score (nSPS) is 27.2. The molecule has 1 saturated carbocycles. The molecule has 1 aliphatic heterocycles. The van der Waals surface area contributed by atoms with E-state index in [2.05, 4.69) is 45.2 Å². The van der Waals surface area contributed by atoms with Crippen molar-refractivity contribution in [1.82, 2.24) is 9.97 Å². The summed E-state index contributed by atoms with van der Waals surface area (Å²) < 4.78 is 0. The summed E-state index contributed by atoms with van der Waals surface area (Å²) in [5.74, 6) is 1.64. The minimum Gasteiger partial charge on any atom is -0.356 e. The lowest BCUT2D eigenvalue weighted by atomic mass is 9.74. The van der Waals surface area contributed by atoms with Crippen molar-refractivity contribution >= 4 is 5.82 Å². The smallest absolute Gasteiger partial charge is 0.132 e. The van der Waals surface area contributed by atoms with Crippen molar-refractivity contribution in [2.24, 2.45) is 5.73 Å². The van der Waals surface area contributed by atoms with Crippen molar-refractivity contribution in [2.45, 2.75) is 55.9 Å². The third-order valence-corrected chi connectivity index (χ3v) is 6.77. The molecule has 25 heavy (non-hydrogen) atoms. The standard InChI is InChI=1S/C21H26N4/c22-17-11-16(12-17)19-13-20(24-14-23-19)25-9-7-21(8-10-25)6-5-15-3-1-2-4-18(15)21/h1-4,13-14,16-17H,5-12,22H2. The lowest BCUT2D eigenvalue weighted by Gasteiger charge is -2.41. The Morgan fingerprint density at radius 3 is 2.64 bits per heavy atom. The first-order valence-electron chi connectivity index (χ1n) is 9.64. The summed E-state index contributed by atoms with van der Waals surface area (Å²) in [7, 11) is 0. The minimum atomic E-state index is 0.362. The van der Waals surface area contributed by atoms with Crippen LogP contribution in [0.25, 0.3) is 0 Å². The van der Waals surface area contributed by atoms with Gasteiger partial charge in [0.05, 0.1) is 0 Å². The molecule has 2 heterocycles. The van der Waals surface area contributed by atoms with Gasteiger partial charge in [-0.2, -0.15) is 0 Å². The van der Waals surface area contributed by atoms with Crippen molar-refractivity contribution in [3.63, 3.8) is 0 Å². The van der Waals surface area contributed by atoms with E-state index in [1.165, 1.54) is 31.4 Å². The van der Waals surface area contributed by atoms with E-state index in [0.29, 0.717) is 17.4 Å². The molecule has 3 aliphatic rings. The van der Waals surface area contributed by atoms with Gasteiger partial charge in [0.25, 0.3) is 0 Å². The van der Waals surface area contributed by atoms with Crippen molar-refractivity contribution in [2.75, 3.05) is 18.0 Å². The summed E-state index contributed by atoms with van der Waals surface area (Å²) in [5.41, 5.74) is 10.7. The first-order chi connectivity index (χ1) is 12.2. The van der Waals surface area contributed by atoms with Gasteiger partial charge in [0.2, 0.25) is 0 Å². The molecule has 4 nitrogen and oxygen atoms in total. The molecule has 0 atom stereocenters. The van der Waals surface area contributed by atoms with Crippen LogP contribution in [0.5, 0.6) is 0 Å². The Kier molecular flexibility index (Phi) is 3.56. The van der Waals surface area contributed by atoms with E-state index in [1.54, 1.807) is 17.5 Å². The predicted octanol–water partition coefficient (Wildman–Crippen LogP) is 3.17. The highest BCUT2D eigenvalue weighted by molar-refractivity contribution is 5.45. The minimum absolute atomic E-state index is 0.362. The molecule has 5 rings (SSSR count). The van der Waals surface area contributed by atoms with Gasteiger partial charge in [0, 0.05) is 36.8 Å². The Labute approximate surface area is 149 Å². The molecule has 2 aliphatic carbocycles. The molecular formula is C21H26N4. The number of fused-ring (bicyclic) bond motifs is 2. The Morgan fingerprint density at radius 2 is 1.84 bits per heavy atom. The number of anilines is 1. The SMILES string of the molecule is NC1CC(c2cc(N3CCC4(CCc5ccccc54)CC3)ncn2)C1. The van der Waals surface area contributed by atoms with Crippen molar-refractivity contribution in [3.8, 4) is 0 Å². The molecule has 0 unspecified atom stereocenters. The lowest BCUT2D eigenvalue weighted by Crippen LogP contribution is -2.42. The molecule has 2 N–H and O–H groups in total. The molecule has 1 spiro atoms. The van der Waals surface area contributed by atoms with Gasteiger partial charge >= 0.3 is 0 Å². The average Bonchev–Trinajstić information content (AvgIpc) is 2.99. The Bertz CT molecular complexity index is 773. The summed E-state index contributed by atoms with van der Waals surface area (Å²) in [6.45, 7) is 2.18. The number of rotatable bonds is 2. The van der Waals surface area contributed by atoms with Crippen LogP contribution in [0.4, 0.5) is 5.82 Å². The van der Waals surface area contributed by atoms with Crippen LogP contribution in [-0.2, 0) is 11.8 Å². The van der Waals surface area contributed by atoms with Crippen molar-refractivity contribution in [1.29, 1.82) is 0 Å². The quantitative estimate of drug-likeness (QED) is 0.916.